The fraction of sp³-hybridized carbons (Fsp3) is 0.478. The summed E-state index contributed by atoms with van der Waals surface area (Å²) in [6, 6.07) is 13.7. The Hall–Kier alpha value is -1.99. The molecule has 162 valence electrons. The zero-order valence-electron chi connectivity index (χ0n) is 17.0. The van der Waals surface area contributed by atoms with Crippen molar-refractivity contribution in [1.82, 2.24) is 4.90 Å². The largest absolute Gasteiger partial charge is 0.491 e. The van der Waals surface area contributed by atoms with Crippen molar-refractivity contribution >= 4 is 11.6 Å². The number of hydrogen-bond donors (Lipinski definition) is 1. The van der Waals surface area contributed by atoms with Crippen molar-refractivity contribution < 1.29 is 24.1 Å². The van der Waals surface area contributed by atoms with E-state index >= 15 is 0 Å². The summed E-state index contributed by atoms with van der Waals surface area (Å²) in [7, 11) is 0. The number of likely N-dealkylation sites (tertiary alicyclic amines) is 1. The maximum Gasteiger partial charge on any atom is 0.161 e. The molecule has 0 aromatic heterocycles. The molecular formula is C23H28ClNO5. The number of fused-ring (bicyclic) bond motifs is 1. The summed E-state index contributed by atoms with van der Waals surface area (Å²) in [4.78, 5) is 2.32. The van der Waals surface area contributed by atoms with Crippen LogP contribution in [0.15, 0.2) is 42.5 Å². The summed E-state index contributed by atoms with van der Waals surface area (Å²) in [5, 5.41) is 11.1. The van der Waals surface area contributed by atoms with Crippen molar-refractivity contribution in [2.45, 2.75) is 25.0 Å². The first-order valence-electron chi connectivity index (χ1n) is 10.5. The quantitative estimate of drug-likeness (QED) is 0.608. The Balaban J connectivity index is 1.21. The number of nitrogens with zero attached hydrogens (tertiary/aromatic N) is 1. The van der Waals surface area contributed by atoms with Crippen molar-refractivity contribution in [1.29, 1.82) is 0 Å². The molecule has 1 fully saturated rings. The monoisotopic (exact) mass is 433 g/mol. The van der Waals surface area contributed by atoms with E-state index in [2.05, 4.69) is 17.0 Å². The van der Waals surface area contributed by atoms with Gasteiger partial charge in [-0.2, -0.15) is 0 Å². The zero-order valence-corrected chi connectivity index (χ0v) is 17.7. The molecule has 0 bridgehead atoms. The van der Waals surface area contributed by atoms with E-state index in [-0.39, 0.29) is 12.6 Å². The molecule has 4 rings (SSSR count). The topological polar surface area (TPSA) is 60.4 Å². The standard InChI is InChI=1S/C23H28ClNO5/c24-18-4-6-20(7-5-18)28-11-10-27-16-19(26)15-25-9-1-2-21(25)17-3-8-22-23(14-17)30-13-12-29-22/h3-8,14,19,21,26H,1-2,9-13,15-16H2/t19-,21+/m0/s1. The number of aliphatic hydroxyl groups excluding tert-OH is 1. The Morgan fingerprint density at radius 1 is 1.07 bits per heavy atom. The summed E-state index contributed by atoms with van der Waals surface area (Å²) < 4.78 is 22.5. The Labute approximate surface area is 182 Å². The minimum atomic E-state index is -0.543. The average Bonchev–Trinajstić information content (AvgIpc) is 3.22. The van der Waals surface area contributed by atoms with Crippen LogP contribution in [0.25, 0.3) is 0 Å². The average molecular weight is 434 g/mol. The predicted molar refractivity (Wildman–Crippen MR) is 115 cm³/mol. The molecule has 2 atom stereocenters. The normalized spacial score (nSPS) is 19.6. The minimum Gasteiger partial charge on any atom is -0.491 e. The first-order chi connectivity index (χ1) is 14.7. The molecule has 0 saturated carbocycles. The van der Waals surface area contributed by atoms with Gasteiger partial charge < -0.3 is 24.1 Å². The van der Waals surface area contributed by atoms with E-state index in [1.807, 2.05) is 18.2 Å². The molecule has 0 aliphatic carbocycles. The van der Waals surface area contributed by atoms with Gasteiger partial charge in [0.15, 0.2) is 11.5 Å². The van der Waals surface area contributed by atoms with Gasteiger partial charge in [0.2, 0.25) is 0 Å². The van der Waals surface area contributed by atoms with Gasteiger partial charge in [0.25, 0.3) is 0 Å². The lowest BCUT2D eigenvalue weighted by Gasteiger charge is -2.28. The van der Waals surface area contributed by atoms with Gasteiger partial charge in [-0.15, -0.1) is 0 Å². The molecule has 2 aromatic rings. The van der Waals surface area contributed by atoms with Crippen LogP contribution in [0.3, 0.4) is 0 Å². The Morgan fingerprint density at radius 2 is 1.87 bits per heavy atom. The fourth-order valence-electron chi connectivity index (χ4n) is 3.98. The van der Waals surface area contributed by atoms with Crippen LogP contribution >= 0.6 is 11.6 Å². The lowest BCUT2D eigenvalue weighted by molar-refractivity contribution is 0.00584. The van der Waals surface area contributed by atoms with Gasteiger partial charge in [-0.25, -0.2) is 0 Å². The predicted octanol–water partition coefficient (Wildman–Crippen LogP) is 3.70. The molecule has 0 spiro atoms. The third-order valence-electron chi connectivity index (χ3n) is 5.38. The molecule has 6 nitrogen and oxygen atoms in total. The molecule has 7 heteroatoms. The molecule has 1 N–H and O–H groups in total. The molecule has 30 heavy (non-hydrogen) atoms. The van der Waals surface area contributed by atoms with E-state index in [0.717, 1.165) is 36.6 Å². The molecular weight excluding hydrogens is 406 g/mol. The number of halogens is 1. The second kappa shape index (κ2) is 10.4. The summed E-state index contributed by atoms with van der Waals surface area (Å²) in [5.74, 6) is 2.38. The van der Waals surface area contributed by atoms with Crippen LogP contribution in [0.5, 0.6) is 17.2 Å². The molecule has 2 aliphatic heterocycles. The van der Waals surface area contributed by atoms with Gasteiger partial charge in [0.05, 0.1) is 19.3 Å². The maximum absolute atomic E-state index is 10.4. The van der Waals surface area contributed by atoms with Crippen LogP contribution in [0, 0.1) is 0 Å². The van der Waals surface area contributed by atoms with Gasteiger partial charge in [0.1, 0.15) is 25.6 Å². The highest BCUT2D eigenvalue weighted by Gasteiger charge is 2.28. The van der Waals surface area contributed by atoms with E-state index in [1.54, 1.807) is 12.1 Å². The van der Waals surface area contributed by atoms with Crippen LogP contribution in [-0.2, 0) is 4.74 Å². The summed E-state index contributed by atoms with van der Waals surface area (Å²) in [5.41, 5.74) is 1.21. The Morgan fingerprint density at radius 3 is 2.70 bits per heavy atom. The first-order valence-corrected chi connectivity index (χ1v) is 10.8. The van der Waals surface area contributed by atoms with Crippen molar-refractivity contribution in [3.63, 3.8) is 0 Å². The van der Waals surface area contributed by atoms with Crippen molar-refractivity contribution in [3.8, 4) is 17.2 Å². The molecule has 2 aromatic carbocycles. The van der Waals surface area contributed by atoms with Crippen LogP contribution in [0.4, 0.5) is 0 Å². The van der Waals surface area contributed by atoms with E-state index < -0.39 is 6.10 Å². The number of hydrogen-bond acceptors (Lipinski definition) is 6. The van der Waals surface area contributed by atoms with Gasteiger partial charge in [-0.1, -0.05) is 17.7 Å². The smallest absolute Gasteiger partial charge is 0.161 e. The van der Waals surface area contributed by atoms with Gasteiger partial charge in [0, 0.05) is 17.6 Å². The molecule has 0 unspecified atom stereocenters. The lowest BCUT2D eigenvalue weighted by atomic mass is 10.0. The number of aliphatic hydroxyl groups is 1. The number of benzene rings is 2. The highest BCUT2D eigenvalue weighted by atomic mass is 35.5. The maximum atomic E-state index is 10.4. The molecule has 2 heterocycles. The number of ether oxygens (including phenoxy) is 4. The van der Waals surface area contributed by atoms with E-state index in [4.69, 9.17) is 30.5 Å². The zero-order chi connectivity index (χ0) is 20.8. The summed E-state index contributed by atoms with van der Waals surface area (Å²) in [6.07, 6.45) is 1.64. The molecule has 1 saturated heterocycles. The number of rotatable bonds is 9. The van der Waals surface area contributed by atoms with Crippen LogP contribution < -0.4 is 14.2 Å². The molecule has 2 aliphatic rings. The Bertz CT molecular complexity index is 816. The summed E-state index contributed by atoms with van der Waals surface area (Å²) >= 11 is 5.86. The highest BCUT2D eigenvalue weighted by Crippen LogP contribution is 2.38. The van der Waals surface area contributed by atoms with E-state index in [1.165, 1.54) is 5.56 Å². The van der Waals surface area contributed by atoms with Gasteiger partial charge >= 0.3 is 0 Å². The molecule has 0 amide bonds. The van der Waals surface area contributed by atoms with Crippen molar-refractivity contribution in [2.75, 3.05) is 46.1 Å². The summed E-state index contributed by atoms with van der Waals surface area (Å²) in [6.45, 7) is 3.87. The first kappa shape index (κ1) is 21.2. The Kier molecular flexibility index (Phi) is 7.33. The number of β-amino-alcohol motifs (C(OH)–C–C–N with tert-alkyl or cyclic N) is 1. The SMILES string of the molecule is O[C@H](COCCOc1ccc(Cl)cc1)CN1CCC[C@@H]1c1ccc2c(c1)OCCO2. The van der Waals surface area contributed by atoms with E-state index in [0.29, 0.717) is 38.0 Å². The highest BCUT2D eigenvalue weighted by molar-refractivity contribution is 6.30. The third kappa shape index (κ3) is 5.58. The van der Waals surface area contributed by atoms with Crippen LogP contribution in [-0.4, -0.2) is 62.2 Å². The molecule has 0 radical (unpaired) electrons. The van der Waals surface area contributed by atoms with E-state index in [9.17, 15) is 5.11 Å². The van der Waals surface area contributed by atoms with Crippen LogP contribution in [0.2, 0.25) is 5.02 Å². The van der Waals surface area contributed by atoms with Crippen LogP contribution in [0.1, 0.15) is 24.4 Å². The van der Waals surface area contributed by atoms with Crippen molar-refractivity contribution in [2.24, 2.45) is 0 Å². The third-order valence-corrected chi connectivity index (χ3v) is 5.63. The second-order valence-electron chi connectivity index (χ2n) is 7.59. The second-order valence-corrected chi connectivity index (χ2v) is 8.02. The van der Waals surface area contributed by atoms with Crippen molar-refractivity contribution in [3.05, 3.63) is 53.1 Å². The van der Waals surface area contributed by atoms with Gasteiger partial charge in [-0.3, -0.25) is 4.90 Å². The lowest BCUT2D eigenvalue weighted by Crippen LogP contribution is -2.35. The minimum absolute atomic E-state index is 0.281. The van der Waals surface area contributed by atoms with Gasteiger partial charge in [-0.05, 0) is 61.3 Å². The fourth-order valence-corrected chi connectivity index (χ4v) is 4.11.